The molecule has 1 N–H and O–H groups in total. The molecule has 0 saturated carbocycles. The van der Waals surface area contributed by atoms with Crippen molar-refractivity contribution < 1.29 is 9.53 Å². The summed E-state index contributed by atoms with van der Waals surface area (Å²) in [5, 5.41) is 3.92. The topological polar surface area (TPSA) is 53.9 Å². The zero-order valence-electron chi connectivity index (χ0n) is 13.0. The predicted molar refractivity (Wildman–Crippen MR) is 96.1 cm³/mol. The summed E-state index contributed by atoms with van der Waals surface area (Å²) in [4.78, 5) is 13.7. The van der Waals surface area contributed by atoms with Crippen LogP contribution in [0.4, 0.5) is 5.69 Å². The van der Waals surface area contributed by atoms with E-state index < -0.39 is 0 Å². The Morgan fingerprint density at radius 3 is 2.43 bits per heavy atom. The van der Waals surface area contributed by atoms with Crippen molar-refractivity contribution in [2.24, 2.45) is 5.10 Å². The first-order valence-corrected chi connectivity index (χ1v) is 7.81. The molecule has 0 aliphatic heterocycles. The molecule has 0 saturated heterocycles. The Balaban J connectivity index is 1.78. The van der Waals surface area contributed by atoms with Gasteiger partial charge in [0.2, 0.25) is 0 Å². The number of benzene rings is 2. The van der Waals surface area contributed by atoms with Gasteiger partial charge in [0.15, 0.2) is 6.61 Å². The fraction of sp³-hybridized carbons (Fsp3) is 0.176. The van der Waals surface area contributed by atoms with Crippen LogP contribution in [0.15, 0.2) is 58.1 Å². The zero-order chi connectivity index (χ0) is 16.7. The van der Waals surface area contributed by atoms with E-state index in [9.17, 15) is 4.79 Å². The molecule has 0 atom stereocenters. The van der Waals surface area contributed by atoms with Crippen LogP contribution < -0.4 is 15.1 Å². The van der Waals surface area contributed by atoms with E-state index in [1.807, 2.05) is 55.4 Å². The van der Waals surface area contributed by atoms with Crippen LogP contribution in [0.5, 0.6) is 5.75 Å². The van der Waals surface area contributed by atoms with Gasteiger partial charge >= 0.3 is 0 Å². The van der Waals surface area contributed by atoms with Crippen LogP contribution in [0.2, 0.25) is 0 Å². The summed E-state index contributed by atoms with van der Waals surface area (Å²) in [6, 6.07) is 15.1. The van der Waals surface area contributed by atoms with Crippen LogP contribution in [0, 0.1) is 0 Å². The van der Waals surface area contributed by atoms with Gasteiger partial charge < -0.3 is 9.64 Å². The Morgan fingerprint density at radius 2 is 1.83 bits per heavy atom. The first kappa shape index (κ1) is 17.0. The third-order valence-corrected chi connectivity index (χ3v) is 3.52. The van der Waals surface area contributed by atoms with Gasteiger partial charge in [-0.05, 0) is 42.0 Å². The normalized spacial score (nSPS) is 10.6. The highest BCUT2D eigenvalue weighted by Gasteiger charge is 2.01. The molecule has 23 heavy (non-hydrogen) atoms. The standard InChI is InChI=1S/C17H18BrN3O2/c1-21(2)15-7-3-13(4-8-15)11-19-20-17(22)12-23-16-9-5-14(18)6-10-16/h3-11H,12H2,1-2H3,(H,20,22)/b19-11+. The molecule has 0 aliphatic carbocycles. The van der Waals surface area contributed by atoms with Gasteiger partial charge in [0.25, 0.3) is 5.91 Å². The van der Waals surface area contributed by atoms with Gasteiger partial charge in [-0.1, -0.05) is 28.1 Å². The monoisotopic (exact) mass is 375 g/mol. The number of carbonyl (C=O) groups excluding carboxylic acids is 1. The van der Waals surface area contributed by atoms with E-state index in [0.717, 1.165) is 15.7 Å². The number of hydrazone groups is 1. The molecular formula is C17H18BrN3O2. The second kappa shape index (κ2) is 8.33. The molecule has 0 unspecified atom stereocenters. The molecule has 5 nitrogen and oxygen atoms in total. The first-order chi connectivity index (χ1) is 11.0. The summed E-state index contributed by atoms with van der Waals surface area (Å²) in [6.45, 7) is -0.0848. The van der Waals surface area contributed by atoms with E-state index >= 15 is 0 Å². The fourth-order valence-electron chi connectivity index (χ4n) is 1.75. The number of hydrogen-bond acceptors (Lipinski definition) is 4. The molecule has 2 aromatic rings. The van der Waals surface area contributed by atoms with Gasteiger partial charge in [-0.2, -0.15) is 5.10 Å². The minimum atomic E-state index is -0.311. The molecular weight excluding hydrogens is 358 g/mol. The van der Waals surface area contributed by atoms with Crippen molar-refractivity contribution in [3.63, 3.8) is 0 Å². The lowest BCUT2D eigenvalue weighted by atomic mass is 10.2. The minimum absolute atomic E-state index is 0.0848. The van der Waals surface area contributed by atoms with Gasteiger partial charge in [0, 0.05) is 24.3 Å². The Bertz CT molecular complexity index is 667. The van der Waals surface area contributed by atoms with Crippen molar-refractivity contribution >= 4 is 33.7 Å². The van der Waals surface area contributed by atoms with E-state index in [4.69, 9.17) is 4.74 Å². The van der Waals surface area contributed by atoms with Crippen LogP contribution in [0.25, 0.3) is 0 Å². The summed E-state index contributed by atoms with van der Waals surface area (Å²) < 4.78 is 6.31. The second-order valence-corrected chi connectivity index (χ2v) is 5.94. The smallest absolute Gasteiger partial charge is 0.277 e. The van der Waals surface area contributed by atoms with Crippen LogP contribution in [-0.4, -0.2) is 32.8 Å². The van der Waals surface area contributed by atoms with E-state index in [1.54, 1.807) is 18.3 Å². The molecule has 2 aromatic carbocycles. The summed E-state index contributed by atoms with van der Waals surface area (Å²) in [7, 11) is 3.96. The number of nitrogens with zero attached hydrogens (tertiary/aromatic N) is 2. The maximum atomic E-state index is 11.7. The van der Waals surface area contributed by atoms with Gasteiger partial charge in [-0.25, -0.2) is 5.43 Å². The number of halogens is 1. The average molecular weight is 376 g/mol. The molecule has 0 radical (unpaired) electrons. The summed E-state index contributed by atoms with van der Waals surface area (Å²) >= 11 is 3.34. The van der Waals surface area contributed by atoms with E-state index in [2.05, 4.69) is 26.5 Å². The number of carbonyl (C=O) groups is 1. The molecule has 0 fully saturated rings. The largest absolute Gasteiger partial charge is 0.484 e. The number of rotatable bonds is 6. The van der Waals surface area contributed by atoms with E-state index in [1.165, 1.54) is 0 Å². The van der Waals surface area contributed by atoms with Crippen LogP contribution in [-0.2, 0) is 4.79 Å². The summed E-state index contributed by atoms with van der Waals surface area (Å²) in [6.07, 6.45) is 1.59. The quantitative estimate of drug-likeness (QED) is 0.623. The van der Waals surface area contributed by atoms with Gasteiger partial charge in [0.05, 0.1) is 6.21 Å². The van der Waals surface area contributed by atoms with Crippen molar-refractivity contribution in [2.45, 2.75) is 0 Å². The predicted octanol–water partition coefficient (Wildman–Crippen LogP) is 3.04. The Hall–Kier alpha value is -2.34. The second-order valence-electron chi connectivity index (χ2n) is 5.02. The van der Waals surface area contributed by atoms with Gasteiger partial charge in [-0.3, -0.25) is 4.79 Å². The minimum Gasteiger partial charge on any atom is -0.484 e. The SMILES string of the molecule is CN(C)c1ccc(/C=N/NC(=O)COc2ccc(Br)cc2)cc1. The lowest BCUT2D eigenvalue weighted by Crippen LogP contribution is -2.24. The summed E-state index contributed by atoms with van der Waals surface area (Å²) in [5.41, 5.74) is 4.45. The third-order valence-electron chi connectivity index (χ3n) is 3.00. The fourth-order valence-corrected chi connectivity index (χ4v) is 2.01. The van der Waals surface area contributed by atoms with E-state index in [-0.39, 0.29) is 12.5 Å². The highest BCUT2D eigenvalue weighted by molar-refractivity contribution is 9.10. The Morgan fingerprint density at radius 1 is 1.17 bits per heavy atom. The first-order valence-electron chi connectivity index (χ1n) is 7.02. The molecule has 6 heteroatoms. The lowest BCUT2D eigenvalue weighted by Gasteiger charge is -2.11. The summed E-state index contributed by atoms with van der Waals surface area (Å²) in [5.74, 6) is 0.320. The maximum Gasteiger partial charge on any atom is 0.277 e. The molecule has 1 amide bonds. The molecule has 0 aromatic heterocycles. The van der Waals surface area contributed by atoms with Crippen LogP contribution in [0.1, 0.15) is 5.56 Å². The molecule has 0 bridgehead atoms. The lowest BCUT2D eigenvalue weighted by molar-refractivity contribution is -0.123. The van der Waals surface area contributed by atoms with Crippen LogP contribution >= 0.6 is 15.9 Å². The zero-order valence-corrected chi connectivity index (χ0v) is 14.6. The average Bonchev–Trinajstić information content (AvgIpc) is 2.55. The van der Waals surface area contributed by atoms with Crippen molar-refractivity contribution in [2.75, 3.05) is 25.6 Å². The number of ether oxygens (including phenoxy) is 1. The highest BCUT2D eigenvalue weighted by atomic mass is 79.9. The molecule has 0 heterocycles. The van der Waals surface area contributed by atoms with Gasteiger partial charge in [0.1, 0.15) is 5.75 Å². The maximum absolute atomic E-state index is 11.7. The molecule has 0 aliphatic rings. The van der Waals surface area contributed by atoms with Crippen molar-refractivity contribution in [3.05, 3.63) is 58.6 Å². The molecule has 120 valence electrons. The van der Waals surface area contributed by atoms with Crippen molar-refractivity contribution in [3.8, 4) is 5.75 Å². The Labute approximate surface area is 144 Å². The number of anilines is 1. The number of hydrogen-bond donors (Lipinski definition) is 1. The van der Waals surface area contributed by atoms with E-state index in [0.29, 0.717) is 5.75 Å². The molecule has 2 rings (SSSR count). The highest BCUT2D eigenvalue weighted by Crippen LogP contribution is 2.15. The number of nitrogens with one attached hydrogen (secondary N) is 1. The van der Waals surface area contributed by atoms with Crippen molar-refractivity contribution in [1.29, 1.82) is 0 Å². The van der Waals surface area contributed by atoms with Gasteiger partial charge in [-0.15, -0.1) is 0 Å². The number of amides is 1. The van der Waals surface area contributed by atoms with Crippen molar-refractivity contribution in [1.82, 2.24) is 5.43 Å². The van der Waals surface area contributed by atoms with Crippen LogP contribution in [0.3, 0.4) is 0 Å². The molecule has 0 spiro atoms. The Kier molecular flexibility index (Phi) is 6.17. The third kappa shape index (κ3) is 5.75.